The predicted octanol–water partition coefficient (Wildman–Crippen LogP) is 2.34. The highest BCUT2D eigenvalue weighted by molar-refractivity contribution is 5.56. The maximum Gasteiger partial charge on any atom is 0.121 e. The molecule has 0 unspecified atom stereocenters. The summed E-state index contributed by atoms with van der Waals surface area (Å²) in [7, 11) is 0. The second-order valence-electron chi connectivity index (χ2n) is 3.68. The molecule has 0 spiro atoms. The topological polar surface area (TPSA) is 68.3 Å². The average Bonchev–Trinajstić information content (AvgIpc) is 2.34. The molecule has 4 nitrogen and oxygen atoms in total. The van der Waals surface area contributed by atoms with Gasteiger partial charge < -0.3 is 15.2 Å². The minimum Gasteiger partial charge on any atom is -0.491 e. The standard InChI is InChI=1S/C13H18N2O2/c1-2-3-6-16-7-8-17-12-5-4-11(10-14)13(15)9-12/h4-5,9H,2-3,6-8,15H2,1H3. The highest BCUT2D eigenvalue weighted by Crippen LogP contribution is 2.18. The molecule has 0 aliphatic rings. The SMILES string of the molecule is CCCCOCCOc1ccc(C#N)c(N)c1. The Bertz CT molecular complexity index is 385. The maximum absolute atomic E-state index is 8.72. The van der Waals surface area contributed by atoms with Gasteiger partial charge in [-0.3, -0.25) is 0 Å². The molecule has 0 aromatic heterocycles. The van der Waals surface area contributed by atoms with Crippen molar-refractivity contribution < 1.29 is 9.47 Å². The smallest absolute Gasteiger partial charge is 0.121 e. The zero-order chi connectivity index (χ0) is 12.5. The summed E-state index contributed by atoms with van der Waals surface area (Å²) in [5.74, 6) is 0.667. The van der Waals surface area contributed by atoms with Gasteiger partial charge in [-0.25, -0.2) is 0 Å². The van der Waals surface area contributed by atoms with E-state index in [9.17, 15) is 0 Å². The van der Waals surface area contributed by atoms with Crippen molar-refractivity contribution in [1.82, 2.24) is 0 Å². The van der Waals surface area contributed by atoms with Gasteiger partial charge in [-0.15, -0.1) is 0 Å². The number of ether oxygens (including phenoxy) is 2. The molecule has 0 radical (unpaired) electrons. The molecule has 1 aromatic rings. The van der Waals surface area contributed by atoms with Crippen molar-refractivity contribution in [2.75, 3.05) is 25.6 Å². The molecule has 0 fully saturated rings. The summed E-state index contributed by atoms with van der Waals surface area (Å²) >= 11 is 0. The summed E-state index contributed by atoms with van der Waals surface area (Å²) in [6.45, 7) is 3.96. The van der Waals surface area contributed by atoms with Crippen molar-refractivity contribution in [1.29, 1.82) is 5.26 Å². The Kier molecular flexibility index (Phi) is 5.91. The summed E-state index contributed by atoms with van der Waals surface area (Å²) in [5, 5.41) is 8.72. The predicted molar refractivity (Wildman–Crippen MR) is 66.8 cm³/mol. The van der Waals surface area contributed by atoms with Gasteiger partial charge in [-0.05, 0) is 18.6 Å². The molecule has 0 heterocycles. The number of unbranched alkanes of at least 4 members (excludes halogenated alkanes) is 1. The fourth-order valence-corrected chi connectivity index (χ4v) is 1.30. The largest absolute Gasteiger partial charge is 0.491 e. The third kappa shape index (κ3) is 4.75. The monoisotopic (exact) mass is 234 g/mol. The Labute approximate surface area is 102 Å². The van der Waals surface area contributed by atoms with Gasteiger partial charge in [0, 0.05) is 12.7 Å². The molecule has 0 saturated carbocycles. The number of nitrogens with zero attached hydrogens (tertiary/aromatic N) is 1. The first-order chi connectivity index (χ1) is 8.27. The first-order valence-electron chi connectivity index (χ1n) is 5.78. The van der Waals surface area contributed by atoms with E-state index in [0.717, 1.165) is 19.4 Å². The van der Waals surface area contributed by atoms with E-state index in [2.05, 4.69) is 6.92 Å². The van der Waals surface area contributed by atoms with E-state index in [4.69, 9.17) is 20.5 Å². The summed E-state index contributed by atoms with van der Waals surface area (Å²) < 4.78 is 10.8. The van der Waals surface area contributed by atoms with Crippen molar-refractivity contribution in [2.45, 2.75) is 19.8 Å². The Morgan fingerprint density at radius 2 is 2.12 bits per heavy atom. The normalized spacial score (nSPS) is 9.88. The molecule has 92 valence electrons. The van der Waals surface area contributed by atoms with Crippen molar-refractivity contribution in [2.24, 2.45) is 0 Å². The number of nitrogen functional groups attached to an aromatic ring is 1. The van der Waals surface area contributed by atoms with Crippen molar-refractivity contribution in [3.63, 3.8) is 0 Å². The van der Waals surface area contributed by atoms with Gasteiger partial charge >= 0.3 is 0 Å². The van der Waals surface area contributed by atoms with E-state index >= 15 is 0 Å². The third-order valence-electron chi connectivity index (χ3n) is 2.28. The first-order valence-corrected chi connectivity index (χ1v) is 5.78. The van der Waals surface area contributed by atoms with Gasteiger partial charge in [0.25, 0.3) is 0 Å². The molecule has 0 saturated heterocycles. The number of nitriles is 1. The molecular formula is C13H18N2O2. The van der Waals surface area contributed by atoms with Gasteiger partial charge in [0.1, 0.15) is 18.4 Å². The fourth-order valence-electron chi connectivity index (χ4n) is 1.30. The number of rotatable bonds is 7. The van der Waals surface area contributed by atoms with Crippen LogP contribution in [0.3, 0.4) is 0 Å². The van der Waals surface area contributed by atoms with Crippen LogP contribution in [-0.4, -0.2) is 19.8 Å². The molecule has 0 aliphatic heterocycles. The minimum absolute atomic E-state index is 0.442. The Hall–Kier alpha value is -1.73. The van der Waals surface area contributed by atoms with Crippen molar-refractivity contribution in [3.8, 4) is 11.8 Å². The molecule has 0 atom stereocenters. The van der Waals surface area contributed by atoms with Crippen molar-refractivity contribution >= 4 is 5.69 Å². The van der Waals surface area contributed by atoms with E-state index in [-0.39, 0.29) is 0 Å². The second kappa shape index (κ2) is 7.53. The summed E-state index contributed by atoms with van der Waals surface area (Å²) in [5.41, 5.74) is 6.58. The number of benzene rings is 1. The minimum atomic E-state index is 0.442. The van der Waals surface area contributed by atoms with Gasteiger partial charge in [-0.1, -0.05) is 13.3 Å². The summed E-state index contributed by atoms with van der Waals surface area (Å²) in [4.78, 5) is 0. The van der Waals surface area contributed by atoms with Crippen molar-refractivity contribution in [3.05, 3.63) is 23.8 Å². The van der Waals surface area contributed by atoms with Gasteiger partial charge in [0.2, 0.25) is 0 Å². The van der Waals surface area contributed by atoms with Crippen LogP contribution in [0.15, 0.2) is 18.2 Å². The maximum atomic E-state index is 8.72. The molecule has 17 heavy (non-hydrogen) atoms. The van der Waals surface area contributed by atoms with Crippen LogP contribution in [0.2, 0.25) is 0 Å². The lowest BCUT2D eigenvalue weighted by Gasteiger charge is -2.08. The average molecular weight is 234 g/mol. The highest BCUT2D eigenvalue weighted by atomic mass is 16.5. The molecule has 1 aromatic carbocycles. The van der Waals surface area contributed by atoms with Crippen LogP contribution in [-0.2, 0) is 4.74 Å². The molecule has 0 bridgehead atoms. The van der Waals surface area contributed by atoms with E-state index in [1.807, 2.05) is 6.07 Å². The van der Waals surface area contributed by atoms with Crippen LogP contribution in [0.25, 0.3) is 0 Å². The Balaban J connectivity index is 2.28. The molecule has 2 N–H and O–H groups in total. The Morgan fingerprint density at radius 3 is 2.76 bits per heavy atom. The van der Waals surface area contributed by atoms with E-state index in [1.54, 1.807) is 18.2 Å². The zero-order valence-electron chi connectivity index (χ0n) is 10.1. The molecule has 0 aliphatic carbocycles. The number of hydrogen-bond acceptors (Lipinski definition) is 4. The van der Waals surface area contributed by atoms with Gasteiger partial charge in [-0.2, -0.15) is 5.26 Å². The highest BCUT2D eigenvalue weighted by Gasteiger charge is 2.00. The molecule has 0 amide bonds. The zero-order valence-corrected chi connectivity index (χ0v) is 10.1. The quantitative estimate of drug-likeness (QED) is 0.580. The van der Waals surface area contributed by atoms with E-state index < -0.39 is 0 Å². The van der Waals surface area contributed by atoms with Crippen LogP contribution in [0, 0.1) is 11.3 Å². The first kappa shape index (κ1) is 13.3. The van der Waals surface area contributed by atoms with E-state index in [0.29, 0.717) is 30.2 Å². The van der Waals surface area contributed by atoms with E-state index in [1.165, 1.54) is 0 Å². The van der Waals surface area contributed by atoms with Crippen LogP contribution in [0.4, 0.5) is 5.69 Å². The van der Waals surface area contributed by atoms with Gasteiger partial charge in [0.05, 0.1) is 17.9 Å². The number of hydrogen-bond donors (Lipinski definition) is 1. The number of anilines is 1. The molecule has 4 heteroatoms. The second-order valence-corrected chi connectivity index (χ2v) is 3.68. The van der Waals surface area contributed by atoms with Crippen LogP contribution in [0.5, 0.6) is 5.75 Å². The van der Waals surface area contributed by atoms with Crippen LogP contribution >= 0.6 is 0 Å². The van der Waals surface area contributed by atoms with Crippen LogP contribution in [0.1, 0.15) is 25.3 Å². The molecular weight excluding hydrogens is 216 g/mol. The third-order valence-corrected chi connectivity index (χ3v) is 2.28. The molecule has 1 rings (SSSR count). The fraction of sp³-hybridized carbons (Fsp3) is 0.462. The van der Waals surface area contributed by atoms with Gasteiger partial charge in [0.15, 0.2) is 0 Å². The lowest BCUT2D eigenvalue weighted by molar-refractivity contribution is 0.0981. The lowest BCUT2D eigenvalue weighted by atomic mass is 10.2. The van der Waals surface area contributed by atoms with Crippen LogP contribution < -0.4 is 10.5 Å². The summed E-state index contributed by atoms with van der Waals surface area (Å²) in [6.07, 6.45) is 2.21. The lowest BCUT2D eigenvalue weighted by Crippen LogP contribution is -2.07. The summed E-state index contributed by atoms with van der Waals surface area (Å²) in [6, 6.07) is 7.06. The Morgan fingerprint density at radius 1 is 1.29 bits per heavy atom. The number of nitrogens with two attached hydrogens (primary N) is 1.